The van der Waals surface area contributed by atoms with E-state index in [-0.39, 0.29) is 24.3 Å². The lowest BCUT2D eigenvalue weighted by Gasteiger charge is -2.35. The maximum absolute atomic E-state index is 13.4. The van der Waals surface area contributed by atoms with E-state index in [1.807, 2.05) is 61.5 Å². The molecule has 0 radical (unpaired) electrons. The Kier molecular flexibility index (Phi) is 5.44. The zero-order valence-electron chi connectivity index (χ0n) is 18.1. The average Bonchev–Trinajstić information content (AvgIpc) is 2.82. The highest BCUT2D eigenvalue weighted by Crippen LogP contribution is 2.45. The highest BCUT2D eigenvalue weighted by Gasteiger charge is 2.43. The van der Waals surface area contributed by atoms with Gasteiger partial charge in [-0.1, -0.05) is 72.8 Å². The Morgan fingerprint density at radius 2 is 1.72 bits per heavy atom. The second-order valence-corrected chi connectivity index (χ2v) is 8.51. The van der Waals surface area contributed by atoms with Gasteiger partial charge in [0.25, 0.3) is 0 Å². The van der Waals surface area contributed by atoms with Crippen molar-refractivity contribution in [2.45, 2.75) is 38.7 Å². The molecule has 2 atom stereocenters. The van der Waals surface area contributed by atoms with Crippen molar-refractivity contribution in [3.63, 3.8) is 0 Å². The highest BCUT2D eigenvalue weighted by molar-refractivity contribution is 6.09. The maximum atomic E-state index is 13.4. The van der Waals surface area contributed by atoms with E-state index in [2.05, 4.69) is 18.2 Å². The number of rotatable bonds is 4. The molecule has 1 unspecified atom stereocenters. The lowest BCUT2D eigenvalue weighted by atomic mass is 9.71. The number of ether oxygens (including phenoxy) is 1. The smallest absolute Gasteiger partial charge is 0.315 e. The van der Waals surface area contributed by atoms with E-state index in [1.54, 1.807) is 0 Å². The number of hydrogen-bond acceptors (Lipinski definition) is 4. The third kappa shape index (κ3) is 3.66. The molecule has 0 amide bonds. The van der Waals surface area contributed by atoms with E-state index < -0.39 is 5.92 Å². The third-order valence-corrected chi connectivity index (χ3v) is 6.47. The van der Waals surface area contributed by atoms with Crippen LogP contribution in [0.25, 0.3) is 10.8 Å². The minimum absolute atomic E-state index is 0.0984. The summed E-state index contributed by atoms with van der Waals surface area (Å²) in [5, 5.41) is 2.15. The summed E-state index contributed by atoms with van der Waals surface area (Å²) in [7, 11) is 0. The van der Waals surface area contributed by atoms with E-state index in [9.17, 15) is 9.59 Å². The first-order valence-corrected chi connectivity index (χ1v) is 11.1. The summed E-state index contributed by atoms with van der Waals surface area (Å²) < 4.78 is 5.76. The van der Waals surface area contributed by atoms with Crippen molar-refractivity contribution in [2.75, 3.05) is 0 Å². The molecule has 4 heteroatoms. The molecule has 0 spiro atoms. The third-order valence-electron chi connectivity index (χ3n) is 6.47. The van der Waals surface area contributed by atoms with Crippen molar-refractivity contribution in [1.82, 2.24) is 0 Å². The van der Waals surface area contributed by atoms with Crippen molar-refractivity contribution in [2.24, 2.45) is 10.9 Å². The van der Waals surface area contributed by atoms with Gasteiger partial charge in [0, 0.05) is 29.3 Å². The minimum Gasteiger partial charge on any atom is -0.460 e. The van der Waals surface area contributed by atoms with E-state index in [4.69, 9.17) is 9.73 Å². The molecule has 3 aromatic rings. The van der Waals surface area contributed by atoms with Gasteiger partial charge in [-0.3, -0.25) is 14.6 Å². The Labute approximate surface area is 187 Å². The van der Waals surface area contributed by atoms with Crippen molar-refractivity contribution >= 4 is 28.2 Å². The zero-order chi connectivity index (χ0) is 22.1. The lowest BCUT2D eigenvalue weighted by Crippen LogP contribution is -2.37. The summed E-state index contributed by atoms with van der Waals surface area (Å²) in [6.45, 7) is 2.08. The largest absolute Gasteiger partial charge is 0.460 e. The molecule has 1 aliphatic heterocycles. The number of Topliss-reactive ketones (excluding diaryl/α,β-unsaturated/α-hetero) is 1. The number of ketones is 1. The van der Waals surface area contributed by atoms with Crippen LogP contribution in [0.5, 0.6) is 0 Å². The molecule has 3 aromatic carbocycles. The van der Waals surface area contributed by atoms with Crippen molar-refractivity contribution in [3.05, 3.63) is 95.2 Å². The monoisotopic (exact) mass is 423 g/mol. The van der Waals surface area contributed by atoms with E-state index in [1.165, 1.54) is 0 Å². The van der Waals surface area contributed by atoms with Crippen LogP contribution in [0.3, 0.4) is 0 Å². The molecule has 0 saturated heterocycles. The number of fused-ring (bicyclic) bond motifs is 1. The number of esters is 1. The van der Waals surface area contributed by atoms with Crippen LogP contribution in [0.2, 0.25) is 0 Å². The second kappa shape index (κ2) is 8.54. The molecule has 4 nitrogen and oxygen atoms in total. The first kappa shape index (κ1) is 20.4. The molecule has 2 aliphatic rings. The Hall–Kier alpha value is -3.53. The predicted molar refractivity (Wildman–Crippen MR) is 125 cm³/mol. The lowest BCUT2D eigenvalue weighted by molar-refractivity contribution is -0.147. The molecular weight excluding hydrogens is 398 g/mol. The van der Waals surface area contributed by atoms with Crippen LogP contribution in [0.15, 0.2) is 89.1 Å². The predicted octanol–water partition coefficient (Wildman–Crippen LogP) is 5.76. The van der Waals surface area contributed by atoms with Crippen LogP contribution in [-0.2, 0) is 20.9 Å². The van der Waals surface area contributed by atoms with Crippen molar-refractivity contribution in [3.8, 4) is 0 Å². The first-order chi connectivity index (χ1) is 15.6. The number of carbonyl (C=O) groups is 2. The van der Waals surface area contributed by atoms with Gasteiger partial charge in [-0.2, -0.15) is 0 Å². The summed E-state index contributed by atoms with van der Waals surface area (Å²) in [6, 6.07) is 23.9. The van der Waals surface area contributed by atoms with E-state index in [0.717, 1.165) is 46.1 Å². The van der Waals surface area contributed by atoms with Crippen LogP contribution in [0, 0.1) is 5.92 Å². The van der Waals surface area contributed by atoms with Gasteiger partial charge in [-0.15, -0.1) is 0 Å². The zero-order valence-corrected chi connectivity index (χ0v) is 18.1. The average molecular weight is 424 g/mol. The summed E-state index contributed by atoms with van der Waals surface area (Å²) in [4.78, 5) is 31.3. The van der Waals surface area contributed by atoms with Crippen LogP contribution in [-0.4, -0.2) is 17.5 Å². The molecular formula is C28H25NO3. The normalized spacial score (nSPS) is 20.7. The van der Waals surface area contributed by atoms with Gasteiger partial charge in [-0.05, 0) is 41.7 Å². The summed E-state index contributed by atoms with van der Waals surface area (Å²) >= 11 is 0. The topological polar surface area (TPSA) is 55.7 Å². The SMILES string of the molecule is CC1=NC2=C(C(=O)CCC2)[C@H](c2cccc3ccccc23)C1C(=O)OCc1ccccc1. The van der Waals surface area contributed by atoms with Gasteiger partial charge >= 0.3 is 5.97 Å². The first-order valence-electron chi connectivity index (χ1n) is 11.1. The second-order valence-electron chi connectivity index (χ2n) is 8.51. The molecule has 32 heavy (non-hydrogen) atoms. The van der Waals surface area contributed by atoms with Gasteiger partial charge in [0.05, 0.1) is 0 Å². The Bertz CT molecular complexity index is 1250. The molecule has 160 valence electrons. The Balaban J connectivity index is 1.60. The molecule has 0 bridgehead atoms. The summed E-state index contributed by atoms with van der Waals surface area (Å²) in [6.07, 6.45) is 2.08. The van der Waals surface area contributed by atoms with Gasteiger partial charge in [0.2, 0.25) is 0 Å². The standard InChI is InChI=1S/C28H25NO3/c1-18-25(28(31)32-17-19-9-3-2-4-10-19)26(27-23(29-18)15-8-16-24(27)30)22-14-7-12-20-11-5-6-13-21(20)22/h2-7,9-14,25-26H,8,15-17H2,1H3/t25?,26-/m1/s1. The number of allylic oxidation sites excluding steroid dienone is 2. The number of aliphatic imine (C=N–C) groups is 1. The van der Waals surface area contributed by atoms with Gasteiger partial charge in [-0.25, -0.2) is 0 Å². The van der Waals surface area contributed by atoms with Crippen LogP contribution in [0.4, 0.5) is 0 Å². The van der Waals surface area contributed by atoms with Gasteiger partial charge in [0.15, 0.2) is 5.78 Å². The van der Waals surface area contributed by atoms with Crippen molar-refractivity contribution < 1.29 is 14.3 Å². The van der Waals surface area contributed by atoms with E-state index in [0.29, 0.717) is 12.0 Å². The minimum atomic E-state index is -0.620. The number of carbonyl (C=O) groups excluding carboxylic acids is 2. The number of benzene rings is 3. The molecule has 0 aromatic heterocycles. The van der Waals surface area contributed by atoms with E-state index >= 15 is 0 Å². The maximum Gasteiger partial charge on any atom is 0.315 e. The van der Waals surface area contributed by atoms with Gasteiger partial charge in [0.1, 0.15) is 12.5 Å². The van der Waals surface area contributed by atoms with Gasteiger partial charge < -0.3 is 4.74 Å². The molecule has 0 fully saturated rings. The quantitative estimate of drug-likeness (QED) is 0.501. The molecule has 0 N–H and O–H groups in total. The van der Waals surface area contributed by atoms with Crippen LogP contribution in [0.1, 0.15) is 43.2 Å². The fourth-order valence-electron chi connectivity index (χ4n) is 4.99. The summed E-state index contributed by atoms with van der Waals surface area (Å²) in [5.41, 5.74) is 4.17. The number of nitrogens with zero attached hydrogens (tertiary/aromatic N) is 1. The van der Waals surface area contributed by atoms with Crippen molar-refractivity contribution in [1.29, 1.82) is 0 Å². The molecule has 5 rings (SSSR count). The highest BCUT2D eigenvalue weighted by atomic mass is 16.5. The molecule has 0 saturated carbocycles. The Morgan fingerprint density at radius 1 is 0.969 bits per heavy atom. The molecule has 1 heterocycles. The number of hydrogen-bond donors (Lipinski definition) is 0. The fraction of sp³-hybridized carbons (Fsp3) is 0.250. The fourth-order valence-corrected chi connectivity index (χ4v) is 4.99. The van der Waals surface area contributed by atoms with Crippen LogP contribution < -0.4 is 0 Å². The summed E-state index contributed by atoms with van der Waals surface area (Å²) in [5.74, 6) is -1.24. The molecule has 1 aliphatic carbocycles. The Morgan fingerprint density at radius 3 is 2.56 bits per heavy atom. The van der Waals surface area contributed by atoms with Crippen LogP contribution >= 0.6 is 0 Å².